The highest BCUT2D eigenvalue weighted by Gasteiger charge is 2.37. The molecule has 1 amide bonds. The molecule has 0 aromatic carbocycles. The van der Waals surface area contributed by atoms with Crippen molar-refractivity contribution in [3.8, 4) is 0 Å². The van der Waals surface area contributed by atoms with Crippen LogP contribution in [0.1, 0.15) is 51.0 Å². The predicted octanol–water partition coefficient (Wildman–Crippen LogP) is 4.05. The molecule has 0 aliphatic carbocycles. The lowest BCUT2D eigenvalue weighted by Crippen LogP contribution is -2.44. The lowest BCUT2D eigenvalue weighted by molar-refractivity contribution is -0.0217. The minimum atomic E-state index is -1.11. The molecule has 6 nitrogen and oxygen atoms in total. The lowest BCUT2D eigenvalue weighted by atomic mass is 9.84. The third-order valence-corrected chi connectivity index (χ3v) is 5.67. The number of aromatic nitrogens is 1. The van der Waals surface area contributed by atoms with E-state index in [1.54, 1.807) is 12.3 Å². The molecule has 1 radical (unpaired) electrons. The summed E-state index contributed by atoms with van der Waals surface area (Å²) in [4.78, 5) is 16.9. The molecule has 26 heavy (non-hydrogen) atoms. The number of pyridine rings is 1. The number of hydrogen-bond donors (Lipinski definition) is 2. The zero-order chi connectivity index (χ0) is 19.7. The molecular weight excluding hydrogens is 372 g/mol. The Labute approximate surface area is 161 Å². The smallest absolute Gasteiger partial charge is 0.407 e. The molecule has 1 aromatic rings. The topological polar surface area (TPSA) is 82.9 Å². The molecule has 1 aromatic heterocycles. The van der Waals surface area contributed by atoms with Crippen LogP contribution >= 0.6 is 11.6 Å². The molecule has 1 aliphatic heterocycles. The summed E-state index contributed by atoms with van der Waals surface area (Å²) in [5, 5.41) is 20.5. The standard InChI is InChI=1S/C18H28ClN2O4Si/c1-17(2,3)15(25-26(4)5)14-13(19)10-12(11-20-14)18(24)6-8-21(9-7-18)16(22)23/h10-11,15,24H,6-9H2,1-5H3,(H,22,23). The molecule has 145 valence electrons. The van der Waals surface area contributed by atoms with Crippen LogP contribution in [0.2, 0.25) is 18.1 Å². The van der Waals surface area contributed by atoms with E-state index in [4.69, 9.17) is 21.1 Å². The number of halogens is 1. The fourth-order valence-electron chi connectivity index (χ4n) is 3.13. The van der Waals surface area contributed by atoms with Gasteiger partial charge in [-0.25, -0.2) is 4.79 Å². The monoisotopic (exact) mass is 399 g/mol. The summed E-state index contributed by atoms with van der Waals surface area (Å²) in [6.07, 6.45) is 1.12. The minimum Gasteiger partial charge on any atom is -0.465 e. The molecular formula is C18H28ClN2O4Si. The summed E-state index contributed by atoms with van der Waals surface area (Å²) in [5.41, 5.74) is 0.0381. The number of piperidine rings is 1. The van der Waals surface area contributed by atoms with Crippen LogP contribution in [-0.2, 0) is 10.0 Å². The number of carboxylic acid groups (broad SMARTS) is 1. The predicted molar refractivity (Wildman–Crippen MR) is 103 cm³/mol. The van der Waals surface area contributed by atoms with E-state index in [1.807, 2.05) is 0 Å². The Morgan fingerprint density at radius 1 is 1.38 bits per heavy atom. The van der Waals surface area contributed by atoms with Crippen LogP contribution in [-0.4, -0.2) is 48.3 Å². The van der Waals surface area contributed by atoms with E-state index in [0.717, 1.165) is 0 Å². The van der Waals surface area contributed by atoms with Gasteiger partial charge in [0.1, 0.15) is 0 Å². The molecule has 1 unspecified atom stereocenters. The van der Waals surface area contributed by atoms with Gasteiger partial charge in [-0.2, -0.15) is 0 Å². The Bertz CT molecular complexity index is 655. The fraction of sp³-hybridized carbons (Fsp3) is 0.667. The van der Waals surface area contributed by atoms with Crippen LogP contribution in [0.25, 0.3) is 0 Å². The second-order valence-corrected chi connectivity index (χ2v) is 10.6. The van der Waals surface area contributed by atoms with Crippen LogP contribution in [0.5, 0.6) is 0 Å². The van der Waals surface area contributed by atoms with Crippen LogP contribution in [0.15, 0.2) is 12.3 Å². The molecule has 1 aliphatic rings. The Hall–Kier alpha value is -1.15. The second-order valence-electron chi connectivity index (χ2n) is 8.16. The number of likely N-dealkylation sites (tertiary alicyclic amines) is 1. The van der Waals surface area contributed by atoms with E-state index < -0.39 is 20.7 Å². The highest BCUT2D eigenvalue weighted by molar-refractivity contribution is 6.48. The molecule has 1 atom stereocenters. The third kappa shape index (κ3) is 4.76. The van der Waals surface area contributed by atoms with Gasteiger partial charge in [0.25, 0.3) is 0 Å². The molecule has 2 heterocycles. The summed E-state index contributed by atoms with van der Waals surface area (Å²) >= 11 is 6.53. The highest BCUT2D eigenvalue weighted by Crippen LogP contribution is 2.40. The van der Waals surface area contributed by atoms with Crippen molar-refractivity contribution in [3.05, 3.63) is 28.5 Å². The summed E-state index contributed by atoms with van der Waals surface area (Å²) in [5.74, 6) is 0. The summed E-state index contributed by atoms with van der Waals surface area (Å²) < 4.78 is 6.15. The third-order valence-electron chi connectivity index (χ3n) is 4.66. The largest absolute Gasteiger partial charge is 0.465 e. The number of nitrogens with zero attached hydrogens (tertiary/aromatic N) is 2. The minimum absolute atomic E-state index is 0.163. The maximum Gasteiger partial charge on any atom is 0.407 e. The van der Waals surface area contributed by atoms with Gasteiger partial charge in [-0.15, -0.1) is 0 Å². The summed E-state index contributed by atoms with van der Waals surface area (Å²) in [6, 6.07) is 1.75. The van der Waals surface area contributed by atoms with Crippen molar-refractivity contribution in [2.75, 3.05) is 13.1 Å². The van der Waals surface area contributed by atoms with Crippen LogP contribution in [0.4, 0.5) is 4.79 Å². The summed E-state index contributed by atoms with van der Waals surface area (Å²) in [6.45, 7) is 11.0. The van der Waals surface area contributed by atoms with Crippen LogP contribution in [0, 0.1) is 5.41 Å². The normalized spacial score (nSPS) is 18.8. The van der Waals surface area contributed by atoms with Gasteiger partial charge in [0, 0.05) is 24.8 Å². The van der Waals surface area contributed by atoms with E-state index in [1.165, 1.54) is 4.90 Å². The average molecular weight is 400 g/mol. The fourth-order valence-corrected chi connectivity index (χ4v) is 4.33. The highest BCUT2D eigenvalue weighted by atomic mass is 35.5. The SMILES string of the molecule is C[Si](C)OC(c1ncc(C2(O)CCN(C(=O)O)CC2)cc1Cl)C(C)(C)C. The quantitative estimate of drug-likeness (QED) is 0.746. The molecule has 2 N–H and O–H groups in total. The van der Waals surface area contributed by atoms with Crippen molar-refractivity contribution >= 4 is 26.7 Å². The molecule has 1 saturated heterocycles. The first-order valence-corrected chi connectivity index (χ1v) is 11.6. The average Bonchev–Trinajstić information content (AvgIpc) is 2.52. The second kappa shape index (κ2) is 7.84. The zero-order valence-electron chi connectivity index (χ0n) is 16.0. The van der Waals surface area contributed by atoms with Crippen molar-refractivity contribution in [1.82, 2.24) is 9.88 Å². The van der Waals surface area contributed by atoms with Gasteiger partial charge in [0.2, 0.25) is 9.04 Å². The van der Waals surface area contributed by atoms with E-state index in [-0.39, 0.29) is 24.6 Å². The van der Waals surface area contributed by atoms with Gasteiger partial charge in [0.05, 0.1) is 22.4 Å². The van der Waals surface area contributed by atoms with Gasteiger partial charge in [-0.3, -0.25) is 4.98 Å². The Balaban J connectivity index is 2.27. The first kappa shape index (κ1) is 21.2. The number of carbonyl (C=O) groups is 1. The Morgan fingerprint density at radius 3 is 2.38 bits per heavy atom. The Morgan fingerprint density at radius 2 is 1.96 bits per heavy atom. The van der Waals surface area contributed by atoms with Crippen molar-refractivity contribution < 1.29 is 19.4 Å². The van der Waals surface area contributed by atoms with Crippen molar-refractivity contribution in [2.24, 2.45) is 5.41 Å². The zero-order valence-corrected chi connectivity index (χ0v) is 17.8. The maximum atomic E-state index is 11.1. The molecule has 2 rings (SSSR count). The first-order chi connectivity index (χ1) is 11.9. The molecule has 8 heteroatoms. The Kier molecular flexibility index (Phi) is 6.38. The van der Waals surface area contributed by atoms with Crippen molar-refractivity contribution in [1.29, 1.82) is 0 Å². The number of rotatable bonds is 4. The van der Waals surface area contributed by atoms with Crippen LogP contribution in [0.3, 0.4) is 0 Å². The molecule has 0 saturated carbocycles. The van der Waals surface area contributed by atoms with Gasteiger partial charge in [-0.1, -0.05) is 32.4 Å². The molecule has 0 bridgehead atoms. The maximum absolute atomic E-state index is 11.1. The van der Waals surface area contributed by atoms with Gasteiger partial charge >= 0.3 is 6.09 Å². The van der Waals surface area contributed by atoms with Crippen LogP contribution < -0.4 is 0 Å². The first-order valence-electron chi connectivity index (χ1n) is 8.77. The van der Waals surface area contributed by atoms with Crippen molar-refractivity contribution in [3.63, 3.8) is 0 Å². The molecule has 0 spiro atoms. The number of hydrogen-bond acceptors (Lipinski definition) is 4. The van der Waals surface area contributed by atoms with E-state index in [0.29, 0.717) is 29.1 Å². The van der Waals surface area contributed by atoms with E-state index in [9.17, 15) is 9.90 Å². The van der Waals surface area contributed by atoms with Gasteiger partial charge < -0.3 is 19.5 Å². The van der Waals surface area contributed by atoms with E-state index >= 15 is 0 Å². The number of aliphatic hydroxyl groups is 1. The summed E-state index contributed by atoms with van der Waals surface area (Å²) in [7, 11) is -0.945. The lowest BCUT2D eigenvalue weighted by Gasteiger charge is -2.37. The van der Waals surface area contributed by atoms with Gasteiger partial charge in [-0.05, 0) is 37.4 Å². The van der Waals surface area contributed by atoms with E-state index in [2.05, 4.69) is 38.8 Å². The van der Waals surface area contributed by atoms with Crippen molar-refractivity contribution in [2.45, 2.75) is 58.4 Å². The molecule has 1 fully saturated rings. The van der Waals surface area contributed by atoms with Gasteiger partial charge in [0.15, 0.2) is 0 Å². The number of amides is 1.